The van der Waals surface area contributed by atoms with Crippen molar-refractivity contribution in [2.75, 3.05) is 11.4 Å². The Labute approximate surface area is 140 Å². The summed E-state index contributed by atoms with van der Waals surface area (Å²) in [4.78, 5) is 18.8. The minimum absolute atomic E-state index is 0.0462. The number of amides is 1. The van der Waals surface area contributed by atoms with Gasteiger partial charge in [-0.15, -0.1) is 0 Å². The highest BCUT2D eigenvalue weighted by molar-refractivity contribution is 6.06. The number of carbonyl (C=O) groups excluding carboxylic acids is 1. The van der Waals surface area contributed by atoms with Gasteiger partial charge in [0.2, 0.25) is 0 Å². The van der Waals surface area contributed by atoms with E-state index in [0.29, 0.717) is 5.56 Å². The van der Waals surface area contributed by atoms with Gasteiger partial charge in [-0.2, -0.15) is 5.10 Å². The second-order valence-electron chi connectivity index (χ2n) is 6.08. The summed E-state index contributed by atoms with van der Waals surface area (Å²) in [5, 5.41) is 4.10. The number of nitrogens with zero attached hydrogens (tertiary/aromatic N) is 4. The van der Waals surface area contributed by atoms with Crippen LogP contribution in [0.3, 0.4) is 0 Å². The predicted octanol–water partition coefficient (Wildman–Crippen LogP) is 3.17. The van der Waals surface area contributed by atoms with Crippen LogP contribution in [0.2, 0.25) is 0 Å². The van der Waals surface area contributed by atoms with E-state index in [2.05, 4.69) is 35.2 Å². The van der Waals surface area contributed by atoms with Crippen molar-refractivity contribution in [3.63, 3.8) is 0 Å². The molecule has 24 heavy (non-hydrogen) atoms. The second kappa shape index (κ2) is 5.92. The zero-order valence-corrected chi connectivity index (χ0v) is 13.5. The lowest BCUT2D eigenvalue weighted by Gasteiger charge is -2.30. The highest BCUT2D eigenvalue weighted by atomic mass is 16.2. The summed E-state index contributed by atoms with van der Waals surface area (Å²) >= 11 is 0. The predicted molar refractivity (Wildman–Crippen MR) is 92.5 cm³/mol. The van der Waals surface area contributed by atoms with E-state index in [1.807, 2.05) is 29.2 Å². The highest BCUT2D eigenvalue weighted by Gasteiger charge is 2.23. The van der Waals surface area contributed by atoms with Gasteiger partial charge < -0.3 is 4.90 Å². The van der Waals surface area contributed by atoms with E-state index in [9.17, 15) is 4.79 Å². The number of hydrogen-bond acceptors (Lipinski definition) is 3. The fourth-order valence-electron chi connectivity index (χ4n) is 3.19. The molecular formula is C19H18N4O. The number of aromatic nitrogens is 3. The zero-order valence-electron chi connectivity index (χ0n) is 13.5. The summed E-state index contributed by atoms with van der Waals surface area (Å²) in [5.41, 5.74) is 5.11. The summed E-state index contributed by atoms with van der Waals surface area (Å²) < 4.78 is 1.67. The topological polar surface area (TPSA) is 51.0 Å². The van der Waals surface area contributed by atoms with Gasteiger partial charge in [0.05, 0.1) is 5.69 Å². The molecule has 0 spiro atoms. The van der Waals surface area contributed by atoms with Crippen LogP contribution in [0.15, 0.2) is 55.1 Å². The third-order valence-electron chi connectivity index (χ3n) is 4.40. The molecule has 2 heterocycles. The zero-order chi connectivity index (χ0) is 16.5. The molecule has 120 valence electrons. The van der Waals surface area contributed by atoms with Gasteiger partial charge in [0, 0.05) is 17.8 Å². The molecule has 0 aliphatic carbocycles. The van der Waals surface area contributed by atoms with Gasteiger partial charge in [-0.05, 0) is 55.7 Å². The summed E-state index contributed by atoms with van der Waals surface area (Å²) in [5.74, 6) is 0.0462. The van der Waals surface area contributed by atoms with E-state index in [-0.39, 0.29) is 5.91 Å². The maximum absolute atomic E-state index is 12.9. The van der Waals surface area contributed by atoms with Crippen LogP contribution in [0.25, 0.3) is 5.69 Å². The van der Waals surface area contributed by atoms with Crippen LogP contribution < -0.4 is 4.90 Å². The lowest BCUT2D eigenvalue weighted by atomic mass is 9.99. The van der Waals surface area contributed by atoms with Crippen LogP contribution in [0, 0.1) is 6.92 Å². The number of anilines is 1. The van der Waals surface area contributed by atoms with E-state index in [1.165, 1.54) is 17.5 Å². The van der Waals surface area contributed by atoms with Crippen LogP contribution in [0.1, 0.15) is 27.9 Å². The average Bonchev–Trinajstić information content (AvgIpc) is 3.15. The molecule has 0 N–H and O–H groups in total. The normalized spacial score (nSPS) is 13.6. The molecule has 2 aromatic carbocycles. The molecule has 5 heteroatoms. The van der Waals surface area contributed by atoms with Gasteiger partial charge in [-0.25, -0.2) is 9.67 Å². The molecule has 1 amide bonds. The van der Waals surface area contributed by atoms with Gasteiger partial charge >= 0.3 is 0 Å². The van der Waals surface area contributed by atoms with Gasteiger partial charge in [0.1, 0.15) is 12.7 Å². The molecule has 1 aromatic heterocycles. The van der Waals surface area contributed by atoms with Crippen molar-refractivity contribution in [2.45, 2.75) is 19.8 Å². The van der Waals surface area contributed by atoms with E-state index in [1.54, 1.807) is 11.0 Å². The van der Waals surface area contributed by atoms with Crippen molar-refractivity contribution in [1.29, 1.82) is 0 Å². The maximum atomic E-state index is 12.9. The van der Waals surface area contributed by atoms with Crippen molar-refractivity contribution >= 4 is 11.6 Å². The first kappa shape index (κ1) is 14.6. The first-order valence-corrected chi connectivity index (χ1v) is 8.09. The van der Waals surface area contributed by atoms with Crippen molar-refractivity contribution in [3.05, 3.63) is 71.8 Å². The van der Waals surface area contributed by atoms with E-state index < -0.39 is 0 Å². The molecule has 0 saturated carbocycles. The van der Waals surface area contributed by atoms with Gasteiger partial charge in [-0.1, -0.05) is 17.7 Å². The summed E-state index contributed by atoms with van der Waals surface area (Å²) in [7, 11) is 0. The number of benzene rings is 2. The molecular weight excluding hydrogens is 300 g/mol. The molecule has 4 rings (SSSR count). The minimum atomic E-state index is 0.0462. The van der Waals surface area contributed by atoms with E-state index in [4.69, 9.17) is 0 Å². The lowest BCUT2D eigenvalue weighted by molar-refractivity contribution is 0.0985. The van der Waals surface area contributed by atoms with E-state index in [0.717, 1.165) is 30.8 Å². The molecule has 1 aliphatic heterocycles. The Bertz CT molecular complexity index is 869. The Morgan fingerprint density at radius 3 is 2.71 bits per heavy atom. The Hall–Kier alpha value is -2.95. The minimum Gasteiger partial charge on any atom is -0.308 e. The molecule has 5 nitrogen and oxygen atoms in total. The van der Waals surface area contributed by atoms with Crippen LogP contribution in [0.5, 0.6) is 0 Å². The Morgan fingerprint density at radius 2 is 1.96 bits per heavy atom. The summed E-state index contributed by atoms with van der Waals surface area (Å²) in [6, 6.07) is 13.8. The smallest absolute Gasteiger partial charge is 0.258 e. The Balaban J connectivity index is 1.63. The Morgan fingerprint density at radius 1 is 1.12 bits per heavy atom. The molecule has 3 aromatic rings. The Kier molecular flexibility index (Phi) is 3.61. The van der Waals surface area contributed by atoms with Crippen LogP contribution in [-0.4, -0.2) is 27.2 Å². The van der Waals surface area contributed by atoms with Crippen molar-refractivity contribution in [2.24, 2.45) is 0 Å². The molecule has 0 fully saturated rings. The number of fused-ring (bicyclic) bond motifs is 1. The molecule has 0 bridgehead atoms. The van der Waals surface area contributed by atoms with Crippen LogP contribution >= 0.6 is 0 Å². The molecule has 0 atom stereocenters. The number of hydrogen-bond donors (Lipinski definition) is 0. The maximum Gasteiger partial charge on any atom is 0.258 e. The highest BCUT2D eigenvalue weighted by Crippen LogP contribution is 2.29. The van der Waals surface area contributed by atoms with Crippen molar-refractivity contribution in [1.82, 2.24) is 14.8 Å². The third kappa shape index (κ3) is 2.58. The standard InChI is InChI=1S/C19H18N4O/c1-14-4-9-18-16(11-14)3-2-10-22(18)19(24)15-5-7-17(8-6-15)23-13-20-12-21-23/h4-9,11-13H,2-3,10H2,1H3. The fourth-order valence-corrected chi connectivity index (χ4v) is 3.19. The van der Waals surface area contributed by atoms with Gasteiger partial charge in [0.25, 0.3) is 5.91 Å². The van der Waals surface area contributed by atoms with Crippen molar-refractivity contribution in [3.8, 4) is 5.69 Å². The van der Waals surface area contributed by atoms with Crippen LogP contribution in [0.4, 0.5) is 5.69 Å². The summed E-state index contributed by atoms with van der Waals surface area (Å²) in [6.45, 7) is 2.85. The summed E-state index contributed by atoms with van der Waals surface area (Å²) in [6.07, 6.45) is 5.16. The van der Waals surface area contributed by atoms with Crippen molar-refractivity contribution < 1.29 is 4.79 Å². The first-order valence-electron chi connectivity index (χ1n) is 8.09. The van der Waals surface area contributed by atoms with Crippen LogP contribution in [-0.2, 0) is 6.42 Å². The number of aryl methyl sites for hydroxylation is 2. The SMILES string of the molecule is Cc1ccc2c(c1)CCCN2C(=O)c1ccc(-n2cncn2)cc1. The molecule has 0 saturated heterocycles. The van der Waals surface area contributed by atoms with E-state index >= 15 is 0 Å². The lowest BCUT2D eigenvalue weighted by Crippen LogP contribution is -2.35. The fraction of sp³-hybridized carbons (Fsp3) is 0.211. The molecule has 1 aliphatic rings. The first-order chi connectivity index (χ1) is 11.7. The number of carbonyl (C=O) groups is 1. The monoisotopic (exact) mass is 318 g/mol. The van der Waals surface area contributed by atoms with Gasteiger partial charge in [-0.3, -0.25) is 4.79 Å². The second-order valence-corrected chi connectivity index (χ2v) is 6.08. The molecule has 0 unspecified atom stereocenters. The molecule has 0 radical (unpaired) electrons. The quantitative estimate of drug-likeness (QED) is 0.729. The largest absolute Gasteiger partial charge is 0.308 e. The number of rotatable bonds is 2. The average molecular weight is 318 g/mol. The van der Waals surface area contributed by atoms with Gasteiger partial charge in [0.15, 0.2) is 0 Å². The third-order valence-corrected chi connectivity index (χ3v) is 4.40.